The Morgan fingerprint density at radius 3 is 2.46 bits per heavy atom. The second-order valence-electron chi connectivity index (χ2n) is 5.73. The quantitative estimate of drug-likeness (QED) is 0.398. The molecule has 0 spiro atoms. The third-order valence-corrected chi connectivity index (χ3v) is 5.39. The number of nitrogens with one attached hydrogen (secondary N) is 2. The molecule has 0 saturated carbocycles. The average molecular weight is 359 g/mol. The Morgan fingerprint density at radius 1 is 1.33 bits per heavy atom. The van der Waals surface area contributed by atoms with Gasteiger partial charge in [0.1, 0.15) is 0 Å². The van der Waals surface area contributed by atoms with Gasteiger partial charge in [-0.15, -0.1) is 0 Å². The summed E-state index contributed by atoms with van der Waals surface area (Å²) >= 11 is 0. The first-order valence-corrected chi connectivity index (χ1v) is 9.94. The van der Waals surface area contributed by atoms with Crippen molar-refractivity contribution in [3.63, 3.8) is 0 Å². The van der Waals surface area contributed by atoms with Crippen LogP contribution in [0.3, 0.4) is 0 Å². The highest BCUT2D eigenvalue weighted by Crippen LogP contribution is 2.10. The van der Waals surface area contributed by atoms with E-state index in [1.807, 2.05) is 32.5 Å². The summed E-state index contributed by atoms with van der Waals surface area (Å²) in [6.45, 7) is 8.16. The van der Waals surface area contributed by atoms with Crippen LogP contribution in [-0.4, -0.2) is 61.4 Å². The largest absolute Gasteiger partial charge is 0.356 e. The summed E-state index contributed by atoms with van der Waals surface area (Å²) < 4.78 is 26.4. The van der Waals surface area contributed by atoms with Crippen LogP contribution in [-0.2, 0) is 23.6 Å². The Balaban J connectivity index is 2.44. The Morgan fingerprint density at radius 2 is 2.00 bits per heavy atom. The van der Waals surface area contributed by atoms with E-state index in [2.05, 4.69) is 20.7 Å². The highest BCUT2D eigenvalue weighted by Gasteiger charge is 2.13. The molecule has 1 rings (SSSR count). The molecule has 24 heavy (non-hydrogen) atoms. The lowest BCUT2D eigenvalue weighted by molar-refractivity contribution is 0.424. The molecule has 0 atom stereocenters. The molecule has 0 aliphatic carbocycles. The summed E-state index contributed by atoms with van der Waals surface area (Å²) in [6.07, 6.45) is 1.95. The molecule has 0 aromatic carbocycles. The maximum atomic E-state index is 11.5. The van der Waals surface area contributed by atoms with Gasteiger partial charge in [0, 0.05) is 51.5 Å². The van der Waals surface area contributed by atoms with Crippen LogP contribution >= 0.6 is 0 Å². The molecule has 1 aromatic heterocycles. The van der Waals surface area contributed by atoms with Crippen LogP contribution in [0.2, 0.25) is 0 Å². The van der Waals surface area contributed by atoms with Crippen LogP contribution in [0.25, 0.3) is 0 Å². The molecule has 138 valence electrons. The van der Waals surface area contributed by atoms with E-state index >= 15 is 0 Å². The monoisotopic (exact) mass is 358 g/mol. The summed E-state index contributed by atoms with van der Waals surface area (Å²) in [5.74, 6) is 0.694. The lowest BCUT2D eigenvalue weighted by atomic mass is 10.2. The number of hydrogen-bond acceptors (Lipinski definition) is 4. The molecule has 9 heteroatoms. The van der Waals surface area contributed by atoms with Gasteiger partial charge in [0.25, 0.3) is 0 Å². The van der Waals surface area contributed by atoms with Crippen molar-refractivity contribution in [2.24, 2.45) is 12.0 Å². The summed E-state index contributed by atoms with van der Waals surface area (Å²) in [5, 5.41) is 10.9. The van der Waals surface area contributed by atoms with E-state index in [9.17, 15) is 8.42 Å². The maximum Gasteiger partial charge on any atom is 0.211 e. The Kier molecular flexibility index (Phi) is 7.68. The van der Waals surface area contributed by atoms with Crippen molar-refractivity contribution in [1.82, 2.24) is 24.7 Å². The molecular formula is C15H30N6O2S. The number of guanidine groups is 1. The van der Waals surface area contributed by atoms with E-state index in [4.69, 9.17) is 0 Å². The number of hydrogen-bond donors (Lipinski definition) is 2. The predicted molar refractivity (Wildman–Crippen MR) is 97.6 cm³/mol. The van der Waals surface area contributed by atoms with Gasteiger partial charge >= 0.3 is 0 Å². The van der Waals surface area contributed by atoms with E-state index < -0.39 is 10.0 Å². The molecule has 1 aromatic rings. The van der Waals surface area contributed by atoms with Crippen LogP contribution in [0.1, 0.15) is 30.3 Å². The summed E-state index contributed by atoms with van der Waals surface area (Å²) in [4.78, 5) is 4.19. The number of nitrogens with zero attached hydrogens (tertiary/aromatic N) is 4. The fourth-order valence-corrected chi connectivity index (χ4v) is 3.42. The van der Waals surface area contributed by atoms with Gasteiger partial charge in [0.15, 0.2) is 5.96 Å². The van der Waals surface area contributed by atoms with Crippen molar-refractivity contribution in [3.8, 4) is 0 Å². The van der Waals surface area contributed by atoms with Crippen LogP contribution in [0.15, 0.2) is 4.99 Å². The summed E-state index contributed by atoms with van der Waals surface area (Å²) in [5.41, 5.74) is 3.29. The zero-order valence-electron chi connectivity index (χ0n) is 15.5. The zero-order chi connectivity index (χ0) is 18.3. The molecule has 0 unspecified atom stereocenters. The van der Waals surface area contributed by atoms with Crippen LogP contribution in [0.5, 0.6) is 0 Å². The second-order valence-corrected chi connectivity index (χ2v) is 7.72. The lowest BCUT2D eigenvalue weighted by Crippen LogP contribution is -2.39. The van der Waals surface area contributed by atoms with Gasteiger partial charge in [-0.1, -0.05) is 6.92 Å². The van der Waals surface area contributed by atoms with Gasteiger partial charge in [-0.3, -0.25) is 9.67 Å². The minimum Gasteiger partial charge on any atom is -0.356 e. The van der Waals surface area contributed by atoms with Crippen molar-refractivity contribution in [3.05, 3.63) is 17.0 Å². The summed E-state index contributed by atoms with van der Waals surface area (Å²) in [6, 6.07) is 0. The molecule has 0 bridgehead atoms. The number of sulfonamides is 1. The molecule has 8 nitrogen and oxygen atoms in total. The van der Waals surface area contributed by atoms with Gasteiger partial charge in [-0.2, -0.15) is 5.10 Å². The van der Waals surface area contributed by atoms with Crippen LogP contribution in [0, 0.1) is 13.8 Å². The highest BCUT2D eigenvalue weighted by molar-refractivity contribution is 7.88. The first-order chi connectivity index (χ1) is 11.2. The van der Waals surface area contributed by atoms with E-state index in [-0.39, 0.29) is 0 Å². The van der Waals surface area contributed by atoms with Gasteiger partial charge in [-0.25, -0.2) is 12.7 Å². The van der Waals surface area contributed by atoms with E-state index in [1.165, 1.54) is 10.6 Å². The molecule has 0 radical (unpaired) electrons. The molecule has 0 fully saturated rings. The number of aryl methyl sites for hydroxylation is 2. The Bertz CT molecular complexity index is 666. The minimum absolute atomic E-state index is 0.491. The predicted octanol–water partition coefficient (Wildman–Crippen LogP) is 0.374. The lowest BCUT2D eigenvalue weighted by Gasteiger charge is -2.18. The first kappa shape index (κ1) is 20.4. The molecule has 0 saturated heterocycles. The third kappa shape index (κ3) is 5.79. The Hall–Kier alpha value is -1.61. The van der Waals surface area contributed by atoms with Crippen LogP contribution < -0.4 is 10.6 Å². The number of aromatic nitrogens is 2. The zero-order valence-corrected chi connectivity index (χ0v) is 16.4. The first-order valence-electron chi connectivity index (χ1n) is 8.09. The molecule has 0 amide bonds. The molecule has 2 N–H and O–H groups in total. The Labute approximate surface area is 145 Å². The van der Waals surface area contributed by atoms with Gasteiger partial charge in [-0.05, 0) is 20.3 Å². The summed E-state index contributed by atoms with van der Waals surface area (Å²) in [7, 11) is 0.522. The van der Waals surface area contributed by atoms with Crippen molar-refractivity contribution in [2.75, 3.05) is 32.9 Å². The van der Waals surface area contributed by atoms with E-state index in [0.717, 1.165) is 17.0 Å². The van der Waals surface area contributed by atoms with Crippen molar-refractivity contribution in [2.45, 2.75) is 33.7 Å². The van der Waals surface area contributed by atoms with Crippen molar-refractivity contribution < 1.29 is 8.42 Å². The minimum atomic E-state index is -3.12. The molecular weight excluding hydrogens is 328 g/mol. The molecule has 0 aliphatic heterocycles. The fourth-order valence-electron chi connectivity index (χ4n) is 2.49. The second kappa shape index (κ2) is 9.03. The smallest absolute Gasteiger partial charge is 0.211 e. The van der Waals surface area contributed by atoms with Gasteiger partial charge < -0.3 is 10.6 Å². The number of rotatable bonds is 8. The van der Waals surface area contributed by atoms with Crippen molar-refractivity contribution in [1.29, 1.82) is 0 Å². The van der Waals surface area contributed by atoms with Crippen molar-refractivity contribution >= 4 is 16.0 Å². The van der Waals surface area contributed by atoms with Gasteiger partial charge in [0.05, 0.1) is 11.9 Å². The molecule has 0 aliphatic rings. The van der Waals surface area contributed by atoms with Gasteiger partial charge in [0.2, 0.25) is 10.0 Å². The molecule has 1 heterocycles. The fraction of sp³-hybridized carbons (Fsp3) is 0.733. The third-order valence-electron chi connectivity index (χ3n) is 4.01. The average Bonchev–Trinajstić information content (AvgIpc) is 2.74. The SMILES string of the molecule is CCN(CCCNC(=NC)NCc1c(C)nn(C)c1C)S(C)(=O)=O. The highest BCUT2D eigenvalue weighted by atomic mass is 32.2. The van der Waals surface area contributed by atoms with E-state index in [1.54, 1.807) is 7.05 Å². The normalized spacial score (nSPS) is 12.7. The number of aliphatic imine (C=N–C) groups is 1. The topological polar surface area (TPSA) is 91.6 Å². The van der Waals surface area contributed by atoms with E-state index in [0.29, 0.717) is 38.6 Å². The maximum absolute atomic E-state index is 11.5. The van der Waals surface area contributed by atoms with Crippen LogP contribution in [0.4, 0.5) is 0 Å². The standard InChI is InChI=1S/C15H30N6O2S/c1-7-21(24(6,22)23)10-8-9-17-15(16-4)18-11-14-12(2)19-20(5)13(14)3/h7-11H2,1-6H3,(H2,16,17,18).